The highest BCUT2D eigenvalue weighted by Crippen LogP contribution is 2.09. The lowest BCUT2D eigenvalue weighted by Gasteiger charge is -2.17. The predicted molar refractivity (Wildman–Crippen MR) is 111 cm³/mol. The lowest BCUT2D eigenvalue weighted by molar-refractivity contribution is -0.149. The van der Waals surface area contributed by atoms with Gasteiger partial charge in [0.2, 0.25) is 0 Å². The normalized spacial score (nSPS) is 11.4. The first kappa shape index (κ1) is 22.4. The van der Waals surface area contributed by atoms with Gasteiger partial charge in [-0.3, -0.25) is 9.59 Å². The molecule has 0 radical (unpaired) electrons. The molecule has 0 saturated carbocycles. The zero-order valence-corrected chi connectivity index (χ0v) is 17.1. The molecule has 0 unspecified atom stereocenters. The van der Waals surface area contributed by atoms with Gasteiger partial charge in [0.1, 0.15) is 11.9 Å². The summed E-state index contributed by atoms with van der Waals surface area (Å²) in [4.78, 5) is 36.8. The van der Waals surface area contributed by atoms with Crippen LogP contribution in [0, 0.1) is 12.7 Å². The van der Waals surface area contributed by atoms with Gasteiger partial charge in [-0.25, -0.2) is 9.18 Å². The first-order valence-electron chi connectivity index (χ1n) is 8.97. The van der Waals surface area contributed by atoms with E-state index in [2.05, 4.69) is 10.6 Å². The number of carbonyl (C=O) groups excluding carboxylic acids is 3. The average molecular weight is 418 g/mol. The Morgan fingerprint density at radius 1 is 1.14 bits per heavy atom. The second kappa shape index (κ2) is 11.2. The van der Waals surface area contributed by atoms with Gasteiger partial charge in [0.05, 0.1) is 0 Å². The SMILES string of the molecule is CSCC[C@@H](NC(=O)c1cccc(C)c1)C(=O)OCC(=O)Nc1ccc(F)cc1. The van der Waals surface area contributed by atoms with E-state index in [0.29, 0.717) is 23.4 Å². The van der Waals surface area contributed by atoms with E-state index in [1.54, 1.807) is 18.2 Å². The number of ether oxygens (including phenoxy) is 1. The molecule has 2 amide bonds. The Balaban J connectivity index is 1.92. The summed E-state index contributed by atoms with van der Waals surface area (Å²) >= 11 is 1.53. The monoisotopic (exact) mass is 418 g/mol. The van der Waals surface area contributed by atoms with Crippen molar-refractivity contribution in [2.45, 2.75) is 19.4 Å². The molecular weight excluding hydrogens is 395 g/mol. The first-order chi connectivity index (χ1) is 13.9. The molecule has 2 aromatic carbocycles. The fourth-order valence-electron chi connectivity index (χ4n) is 2.48. The largest absolute Gasteiger partial charge is 0.454 e. The molecule has 0 spiro atoms. The summed E-state index contributed by atoms with van der Waals surface area (Å²) in [5.41, 5.74) is 1.76. The van der Waals surface area contributed by atoms with Crippen molar-refractivity contribution in [3.63, 3.8) is 0 Å². The van der Waals surface area contributed by atoms with E-state index in [1.165, 1.54) is 36.0 Å². The predicted octanol–water partition coefficient (Wildman–Crippen LogP) is 3.17. The van der Waals surface area contributed by atoms with Gasteiger partial charge in [0.15, 0.2) is 6.61 Å². The molecule has 6 nitrogen and oxygen atoms in total. The van der Waals surface area contributed by atoms with E-state index in [0.717, 1.165) is 5.56 Å². The summed E-state index contributed by atoms with van der Waals surface area (Å²) in [5, 5.41) is 5.18. The Labute approximate surface area is 173 Å². The highest BCUT2D eigenvalue weighted by atomic mass is 32.2. The molecule has 1 atom stereocenters. The molecule has 0 bridgehead atoms. The highest BCUT2D eigenvalue weighted by molar-refractivity contribution is 7.98. The molecule has 2 aromatic rings. The van der Waals surface area contributed by atoms with Crippen LogP contribution in [0.2, 0.25) is 0 Å². The number of carbonyl (C=O) groups is 3. The Kier molecular flexibility index (Phi) is 8.67. The number of hydrogen-bond acceptors (Lipinski definition) is 5. The molecule has 0 fully saturated rings. The minimum atomic E-state index is -0.867. The summed E-state index contributed by atoms with van der Waals surface area (Å²) in [6.45, 7) is 1.36. The van der Waals surface area contributed by atoms with E-state index in [4.69, 9.17) is 4.74 Å². The molecule has 2 rings (SSSR count). The summed E-state index contributed by atoms with van der Waals surface area (Å²) < 4.78 is 18.0. The summed E-state index contributed by atoms with van der Waals surface area (Å²) in [6.07, 6.45) is 2.26. The molecule has 154 valence electrons. The van der Waals surface area contributed by atoms with Crippen LogP contribution in [0.15, 0.2) is 48.5 Å². The number of hydrogen-bond donors (Lipinski definition) is 2. The smallest absolute Gasteiger partial charge is 0.329 e. The van der Waals surface area contributed by atoms with Crippen molar-refractivity contribution in [1.29, 1.82) is 0 Å². The summed E-state index contributed by atoms with van der Waals surface area (Å²) in [7, 11) is 0. The first-order valence-corrected chi connectivity index (χ1v) is 10.4. The molecule has 0 aliphatic carbocycles. The standard InChI is InChI=1S/C21H23FN2O4S/c1-14-4-3-5-15(12-14)20(26)24-18(10-11-29-2)21(27)28-13-19(25)23-17-8-6-16(22)7-9-17/h3-9,12,18H,10-11,13H2,1-2H3,(H,23,25)(H,24,26)/t18-/m1/s1. The highest BCUT2D eigenvalue weighted by Gasteiger charge is 2.23. The zero-order valence-electron chi connectivity index (χ0n) is 16.2. The molecule has 29 heavy (non-hydrogen) atoms. The molecular formula is C21H23FN2O4S. The van der Waals surface area contributed by atoms with E-state index in [-0.39, 0.29) is 5.91 Å². The fraction of sp³-hybridized carbons (Fsp3) is 0.286. The average Bonchev–Trinajstić information content (AvgIpc) is 2.70. The van der Waals surface area contributed by atoms with Crippen molar-refractivity contribution >= 4 is 35.2 Å². The van der Waals surface area contributed by atoms with Gasteiger partial charge in [-0.05, 0) is 61.8 Å². The number of aryl methyl sites for hydroxylation is 1. The van der Waals surface area contributed by atoms with Crippen LogP contribution < -0.4 is 10.6 Å². The van der Waals surface area contributed by atoms with Gasteiger partial charge in [-0.1, -0.05) is 17.7 Å². The van der Waals surface area contributed by atoms with Crippen molar-refractivity contribution in [3.8, 4) is 0 Å². The van der Waals surface area contributed by atoms with Crippen LogP contribution >= 0.6 is 11.8 Å². The van der Waals surface area contributed by atoms with Gasteiger partial charge in [0, 0.05) is 11.3 Å². The van der Waals surface area contributed by atoms with E-state index < -0.39 is 30.3 Å². The molecule has 0 aliphatic rings. The van der Waals surface area contributed by atoms with Crippen LogP contribution in [0.4, 0.5) is 10.1 Å². The van der Waals surface area contributed by atoms with Crippen molar-refractivity contribution in [1.82, 2.24) is 5.32 Å². The van der Waals surface area contributed by atoms with E-state index in [1.807, 2.05) is 19.2 Å². The third-order valence-electron chi connectivity index (χ3n) is 3.95. The number of anilines is 1. The molecule has 0 heterocycles. The maximum atomic E-state index is 12.9. The van der Waals surface area contributed by atoms with Gasteiger partial charge < -0.3 is 15.4 Å². The number of rotatable bonds is 9. The lowest BCUT2D eigenvalue weighted by Crippen LogP contribution is -2.43. The number of halogens is 1. The summed E-state index contributed by atoms with van der Waals surface area (Å²) in [6, 6.07) is 11.4. The number of benzene rings is 2. The topological polar surface area (TPSA) is 84.5 Å². The minimum Gasteiger partial charge on any atom is -0.454 e. The third-order valence-corrected chi connectivity index (χ3v) is 4.60. The Morgan fingerprint density at radius 2 is 1.86 bits per heavy atom. The molecule has 0 aliphatic heterocycles. The van der Waals surface area contributed by atoms with Gasteiger partial charge in [-0.2, -0.15) is 11.8 Å². The van der Waals surface area contributed by atoms with Gasteiger partial charge in [-0.15, -0.1) is 0 Å². The number of esters is 1. The molecule has 0 saturated heterocycles. The number of thioether (sulfide) groups is 1. The summed E-state index contributed by atoms with van der Waals surface area (Å²) in [5.74, 6) is -1.41. The van der Waals surface area contributed by atoms with Crippen LogP contribution in [0.25, 0.3) is 0 Å². The quantitative estimate of drug-likeness (QED) is 0.611. The molecule has 8 heteroatoms. The van der Waals surface area contributed by atoms with Crippen molar-refractivity contribution in [3.05, 3.63) is 65.5 Å². The zero-order chi connectivity index (χ0) is 21.2. The number of nitrogens with one attached hydrogen (secondary N) is 2. The van der Waals surface area contributed by atoms with Gasteiger partial charge >= 0.3 is 5.97 Å². The van der Waals surface area contributed by atoms with Crippen LogP contribution in [-0.2, 0) is 14.3 Å². The van der Waals surface area contributed by atoms with Crippen molar-refractivity contribution < 1.29 is 23.5 Å². The number of amides is 2. The van der Waals surface area contributed by atoms with Crippen molar-refractivity contribution in [2.24, 2.45) is 0 Å². The van der Waals surface area contributed by atoms with Crippen LogP contribution in [0.5, 0.6) is 0 Å². The lowest BCUT2D eigenvalue weighted by atomic mass is 10.1. The Hall–Kier alpha value is -2.87. The minimum absolute atomic E-state index is 0.372. The second-order valence-electron chi connectivity index (χ2n) is 6.34. The third kappa shape index (κ3) is 7.57. The van der Waals surface area contributed by atoms with Crippen LogP contribution in [0.1, 0.15) is 22.3 Å². The van der Waals surface area contributed by atoms with E-state index in [9.17, 15) is 18.8 Å². The maximum Gasteiger partial charge on any atom is 0.329 e. The van der Waals surface area contributed by atoms with Crippen LogP contribution in [0.3, 0.4) is 0 Å². The Bertz CT molecular complexity index is 858. The molecule has 2 N–H and O–H groups in total. The maximum absolute atomic E-state index is 12.9. The van der Waals surface area contributed by atoms with Crippen molar-refractivity contribution in [2.75, 3.05) is 23.9 Å². The van der Waals surface area contributed by atoms with Crippen LogP contribution in [-0.4, -0.2) is 42.4 Å². The van der Waals surface area contributed by atoms with E-state index >= 15 is 0 Å². The van der Waals surface area contributed by atoms with Gasteiger partial charge in [0.25, 0.3) is 11.8 Å². The fourth-order valence-corrected chi connectivity index (χ4v) is 2.95. The molecule has 0 aromatic heterocycles. The Morgan fingerprint density at radius 3 is 2.52 bits per heavy atom. The second-order valence-corrected chi connectivity index (χ2v) is 7.33.